The Morgan fingerprint density at radius 2 is 2.00 bits per heavy atom. The zero-order chi connectivity index (χ0) is 11.8. The van der Waals surface area contributed by atoms with Gasteiger partial charge in [0, 0.05) is 18.8 Å². The van der Waals surface area contributed by atoms with Gasteiger partial charge >= 0.3 is 0 Å². The van der Waals surface area contributed by atoms with Gasteiger partial charge < -0.3 is 9.64 Å². The maximum absolute atomic E-state index is 5.56. The third-order valence-corrected chi connectivity index (χ3v) is 2.65. The van der Waals surface area contributed by atoms with Gasteiger partial charge in [0.25, 0.3) is 0 Å². The number of pyridine rings is 1. The predicted octanol–water partition coefficient (Wildman–Crippen LogP) is 2.50. The van der Waals surface area contributed by atoms with Crippen molar-refractivity contribution in [2.24, 2.45) is 0 Å². The van der Waals surface area contributed by atoms with Crippen molar-refractivity contribution < 1.29 is 4.74 Å². The molecule has 0 aliphatic rings. The molecule has 1 rings (SSSR count). The molecule has 0 saturated heterocycles. The highest BCUT2D eigenvalue weighted by Crippen LogP contribution is 2.06. The SMILES string of the molecule is CCN(CC)CCCOc1ccc(C)cn1. The molecule has 0 radical (unpaired) electrons. The maximum Gasteiger partial charge on any atom is 0.213 e. The molecule has 3 nitrogen and oxygen atoms in total. The highest BCUT2D eigenvalue weighted by atomic mass is 16.5. The number of hydrogen-bond acceptors (Lipinski definition) is 3. The highest BCUT2D eigenvalue weighted by Gasteiger charge is 1.99. The Bertz CT molecular complexity index is 280. The molecule has 0 bridgehead atoms. The van der Waals surface area contributed by atoms with Crippen LogP contribution < -0.4 is 4.74 Å². The molecular formula is C13H22N2O. The summed E-state index contributed by atoms with van der Waals surface area (Å²) in [6.45, 7) is 10.5. The number of ether oxygens (including phenoxy) is 1. The van der Waals surface area contributed by atoms with E-state index in [0.717, 1.165) is 44.1 Å². The van der Waals surface area contributed by atoms with Crippen LogP contribution in [-0.2, 0) is 0 Å². The van der Waals surface area contributed by atoms with Crippen LogP contribution in [0.2, 0.25) is 0 Å². The molecule has 1 aromatic heterocycles. The lowest BCUT2D eigenvalue weighted by Crippen LogP contribution is -2.25. The van der Waals surface area contributed by atoms with Crippen molar-refractivity contribution in [3.05, 3.63) is 23.9 Å². The lowest BCUT2D eigenvalue weighted by Gasteiger charge is -2.17. The van der Waals surface area contributed by atoms with E-state index in [1.54, 1.807) is 0 Å². The van der Waals surface area contributed by atoms with Crippen molar-refractivity contribution in [3.63, 3.8) is 0 Å². The summed E-state index contributed by atoms with van der Waals surface area (Å²) >= 11 is 0. The number of aryl methyl sites for hydroxylation is 1. The summed E-state index contributed by atoms with van der Waals surface area (Å²) in [7, 11) is 0. The summed E-state index contributed by atoms with van der Waals surface area (Å²) in [4.78, 5) is 6.59. The smallest absolute Gasteiger partial charge is 0.213 e. The summed E-state index contributed by atoms with van der Waals surface area (Å²) in [6, 6.07) is 3.94. The Morgan fingerprint density at radius 3 is 2.56 bits per heavy atom. The van der Waals surface area contributed by atoms with Crippen LogP contribution in [0.15, 0.2) is 18.3 Å². The summed E-state index contributed by atoms with van der Waals surface area (Å²) in [6.07, 6.45) is 2.89. The zero-order valence-electron chi connectivity index (χ0n) is 10.6. The zero-order valence-corrected chi connectivity index (χ0v) is 10.6. The average molecular weight is 222 g/mol. The molecule has 0 aliphatic heterocycles. The van der Waals surface area contributed by atoms with E-state index in [9.17, 15) is 0 Å². The lowest BCUT2D eigenvalue weighted by molar-refractivity contribution is 0.244. The summed E-state index contributed by atoms with van der Waals surface area (Å²) in [5.41, 5.74) is 1.16. The summed E-state index contributed by atoms with van der Waals surface area (Å²) in [5.74, 6) is 0.727. The first-order valence-corrected chi connectivity index (χ1v) is 6.04. The van der Waals surface area contributed by atoms with Gasteiger partial charge in [-0.2, -0.15) is 0 Å². The molecule has 0 atom stereocenters. The molecule has 0 spiro atoms. The third kappa shape index (κ3) is 4.62. The topological polar surface area (TPSA) is 25.4 Å². The normalized spacial score (nSPS) is 10.8. The Hall–Kier alpha value is -1.09. The van der Waals surface area contributed by atoms with Crippen molar-refractivity contribution in [2.45, 2.75) is 27.2 Å². The molecule has 0 aliphatic carbocycles. The lowest BCUT2D eigenvalue weighted by atomic mass is 10.3. The minimum absolute atomic E-state index is 0.727. The maximum atomic E-state index is 5.56. The summed E-state index contributed by atoms with van der Waals surface area (Å²) in [5, 5.41) is 0. The number of nitrogens with zero attached hydrogens (tertiary/aromatic N) is 2. The molecule has 3 heteroatoms. The van der Waals surface area contributed by atoms with E-state index in [1.165, 1.54) is 0 Å². The van der Waals surface area contributed by atoms with Gasteiger partial charge in [0.2, 0.25) is 5.88 Å². The molecule has 0 aromatic carbocycles. The van der Waals surface area contributed by atoms with Crippen LogP contribution in [0.1, 0.15) is 25.8 Å². The number of aromatic nitrogens is 1. The van der Waals surface area contributed by atoms with Crippen molar-refractivity contribution in [1.82, 2.24) is 9.88 Å². The van der Waals surface area contributed by atoms with E-state index in [0.29, 0.717) is 0 Å². The van der Waals surface area contributed by atoms with Crippen molar-refractivity contribution in [3.8, 4) is 5.88 Å². The van der Waals surface area contributed by atoms with Crippen LogP contribution >= 0.6 is 0 Å². The molecule has 0 saturated carbocycles. The Morgan fingerprint density at radius 1 is 1.25 bits per heavy atom. The van der Waals surface area contributed by atoms with Gasteiger partial charge in [0.1, 0.15) is 0 Å². The average Bonchev–Trinajstić information content (AvgIpc) is 2.32. The first-order valence-electron chi connectivity index (χ1n) is 6.04. The Labute approximate surface area is 98.4 Å². The van der Waals surface area contributed by atoms with Gasteiger partial charge in [-0.25, -0.2) is 4.98 Å². The minimum Gasteiger partial charge on any atom is -0.478 e. The molecule has 0 fully saturated rings. The van der Waals surface area contributed by atoms with Gasteiger partial charge in [0.05, 0.1) is 6.61 Å². The molecule has 1 aromatic rings. The standard InChI is InChI=1S/C13H22N2O/c1-4-15(5-2)9-6-10-16-13-8-7-12(3)11-14-13/h7-8,11H,4-6,9-10H2,1-3H3. The Balaban J connectivity index is 2.18. The Kier molecular flexibility index (Phi) is 5.86. The predicted molar refractivity (Wildman–Crippen MR) is 66.9 cm³/mol. The second kappa shape index (κ2) is 7.23. The fourth-order valence-corrected chi connectivity index (χ4v) is 1.54. The monoisotopic (exact) mass is 222 g/mol. The number of rotatable bonds is 7. The molecule has 0 unspecified atom stereocenters. The molecule has 90 valence electrons. The van der Waals surface area contributed by atoms with Gasteiger partial charge in [-0.15, -0.1) is 0 Å². The van der Waals surface area contributed by atoms with Crippen LogP contribution in [0.4, 0.5) is 0 Å². The second-order valence-corrected chi connectivity index (χ2v) is 3.90. The molecule has 0 amide bonds. The third-order valence-electron chi connectivity index (χ3n) is 2.65. The van der Waals surface area contributed by atoms with Gasteiger partial charge in [-0.1, -0.05) is 19.9 Å². The second-order valence-electron chi connectivity index (χ2n) is 3.90. The minimum atomic E-state index is 0.727. The molecule has 0 N–H and O–H groups in total. The van der Waals surface area contributed by atoms with Crippen LogP contribution in [0.25, 0.3) is 0 Å². The van der Waals surface area contributed by atoms with Crippen molar-refractivity contribution in [1.29, 1.82) is 0 Å². The van der Waals surface area contributed by atoms with Crippen LogP contribution in [0.3, 0.4) is 0 Å². The molecular weight excluding hydrogens is 200 g/mol. The fraction of sp³-hybridized carbons (Fsp3) is 0.615. The van der Waals surface area contributed by atoms with Crippen molar-refractivity contribution in [2.75, 3.05) is 26.2 Å². The van der Waals surface area contributed by atoms with Crippen molar-refractivity contribution >= 4 is 0 Å². The van der Waals surface area contributed by atoms with Gasteiger partial charge in [0.15, 0.2) is 0 Å². The van der Waals surface area contributed by atoms with E-state index >= 15 is 0 Å². The van der Waals surface area contributed by atoms with E-state index in [-0.39, 0.29) is 0 Å². The van der Waals surface area contributed by atoms with E-state index in [4.69, 9.17) is 4.74 Å². The van der Waals surface area contributed by atoms with E-state index in [1.807, 2.05) is 25.3 Å². The molecule has 16 heavy (non-hydrogen) atoms. The van der Waals surface area contributed by atoms with Crippen LogP contribution in [-0.4, -0.2) is 36.1 Å². The molecule has 1 heterocycles. The quantitative estimate of drug-likeness (QED) is 0.663. The van der Waals surface area contributed by atoms with Crippen LogP contribution in [0, 0.1) is 6.92 Å². The van der Waals surface area contributed by atoms with E-state index < -0.39 is 0 Å². The summed E-state index contributed by atoms with van der Waals surface area (Å²) < 4.78 is 5.56. The van der Waals surface area contributed by atoms with Crippen LogP contribution in [0.5, 0.6) is 5.88 Å². The first kappa shape index (κ1) is 13.0. The number of hydrogen-bond donors (Lipinski definition) is 0. The fourth-order valence-electron chi connectivity index (χ4n) is 1.54. The van der Waals surface area contributed by atoms with Gasteiger partial charge in [-0.05, 0) is 32.0 Å². The first-order chi connectivity index (χ1) is 7.76. The largest absolute Gasteiger partial charge is 0.478 e. The highest BCUT2D eigenvalue weighted by molar-refractivity contribution is 5.16. The van der Waals surface area contributed by atoms with E-state index in [2.05, 4.69) is 23.7 Å². The van der Waals surface area contributed by atoms with Gasteiger partial charge in [-0.3, -0.25) is 0 Å².